The van der Waals surface area contributed by atoms with E-state index in [2.05, 4.69) is 35.9 Å². The van der Waals surface area contributed by atoms with Crippen LogP contribution in [0.3, 0.4) is 0 Å². The zero-order chi connectivity index (χ0) is 21.0. The number of benzene rings is 2. The first-order chi connectivity index (χ1) is 14.5. The van der Waals surface area contributed by atoms with Crippen molar-refractivity contribution in [2.45, 2.75) is 4.90 Å². The molecule has 0 radical (unpaired) electrons. The smallest absolute Gasteiger partial charge is 0.264 e. The van der Waals surface area contributed by atoms with Gasteiger partial charge in [-0.2, -0.15) is 18.6 Å². The summed E-state index contributed by atoms with van der Waals surface area (Å²) in [6.07, 6.45) is 6.60. The Morgan fingerprint density at radius 3 is 2.47 bits per heavy atom. The summed E-state index contributed by atoms with van der Waals surface area (Å²) < 4.78 is 27.4. The Bertz CT molecular complexity index is 1270. The fraction of sp³-hybridized carbons (Fsp3) is 0. The molecule has 0 aliphatic rings. The number of aromatic nitrogens is 3. The second-order valence-corrected chi connectivity index (χ2v) is 8.84. The number of sulfonamides is 1. The third-order valence-corrected chi connectivity index (χ3v) is 5.97. The molecule has 9 heteroatoms. The minimum Gasteiger partial charge on any atom is -0.264 e. The Morgan fingerprint density at radius 1 is 1.00 bits per heavy atom. The lowest BCUT2D eigenvalue weighted by atomic mass is 10.1. The van der Waals surface area contributed by atoms with Crippen LogP contribution in [0.15, 0.2) is 99.8 Å². The number of hydrazone groups is 1. The first-order valence-electron chi connectivity index (χ1n) is 8.89. The van der Waals surface area contributed by atoms with Crippen LogP contribution in [0.5, 0.6) is 0 Å². The molecule has 2 aromatic carbocycles. The molecule has 150 valence electrons. The molecule has 7 nitrogen and oxygen atoms in total. The van der Waals surface area contributed by atoms with Crippen LogP contribution in [0.1, 0.15) is 5.56 Å². The van der Waals surface area contributed by atoms with Gasteiger partial charge in [-0.15, -0.1) is 0 Å². The van der Waals surface area contributed by atoms with E-state index < -0.39 is 10.0 Å². The first kappa shape index (κ1) is 20.0. The van der Waals surface area contributed by atoms with E-state index >= 15 is 0 Å². The molecule has 0 amide bonds. The Kier molecular flexibility index (Phi) is 5.73. The number of nitrogens with one attached hydrogen (secondary N) is 1. The SMILES string of the molecule is O=S(=O)(N/N=C/c1cn(-c2ccccc2)nc1-c1cccnc1)c1ccc(Br)cc1. The van der Waals surface area contributed by atoms with Gasteiger partial charge in [0.15, 0.2) is 0 Å². The summed E-state index contributed by atoms with van der Waals surface area (Å²) in [6, 6.07) is 19.6. The largest absolute Gasteiger partial charge is 0.276 e. The molecule has 0 spiro atoms. The lowest BCUT2D eigenvalue weighted by Crippen LogP contribution is -2.18. The molecule has 0 saturated heterocycles. The number of nitrogens with zero attached hydrogens (tertiary/aromatic N) is 4. The normalized spacial score (nSPS) is 11.6. The van der Waals surface area contributed by atoms with Crippen LogP contribution in [0.25, 0.3) is 16.9 Å². The molecule has 0 fully saturated rings. The van der Waals surface area contributed by atoms with Gasteiger partial charge in [0.05, 0.1) is 16.8 Å². The zero-order valence-corrected chi connectivity index (χ0v) is 18.0. The van der Waals surface area contributed by atoms with Gasteiger partial charge in [-0.05, 0) is 48.5 Å². The van der Waals surface area contributed by atoms with Crippen LogP contribution in [-0.4, -0.2) is 29.4 Å². The van der Waals surface area contributed by atoms with E-state index in [0.717, 1.165) is 15.7 Å². The second-order valence-electron chi connectivity index (χ2n) is 6.26. The molecule has 0 aliphatic carbocycles. The zero-order valence-electron chi connectivity index (χ0n) is 15.6. The van der Waals surface area contributed by atoms with Crippen LogP contribution >= 0.6 is 15.9 Å². The van der Waals surface area contributed by atoms with Crippen molar-refractivity contribution in [1.29, 1.82) is 0 Å². The summed E-state index contributed by atoms with van der Waals surface area (Å²) in [6.45, 7) is 0. The Hall–Kier alpha value is -3.30. The van der Waals surface area contributed by atoms with Gasteiger partial charge in [0.1, 0.15) is 5.69 Å². The third-order valence-electron chi connectivity index (χ3n) is 4.20. The Morgan fingerprint density at radius 2 is 1.77 bits per heavy atom. The first-order valence-corrected chi connectivity index (χ1v) is 11.2. The fourth-order valence-corrected chi connectivity index (χ4v) is 3.81. The van der Waals surface area contributed by atoms with Crippen molar-refractivity contribution in [2.75, 3.05) is 0 Å². The summed E-state index contributed by atoms with van der Waals surface area (Å²) in [4.78, 5) is 6.51. The monoisotopic (exact) mass is 481 g/mol. The molecule has 4 aromatic rings. The van der Waals surface area contributed by atoms with Crippen molar-refractivity contribution in [1.82, 2.24) is 19.6 Å². The van der Waals surface area contributed by atoms with E-state index in [1.807, 2.05) is 42.5 Å². The highest BCUT2D eigenvalue weighted by Gasteiger charge is 2.14. The molecular weight excluding hydrogens is 466 g/mol. The molecule has 2 aromatic heterocycles. The van der Waals surface area contributed by atoms with E-state index in [-0.39, 0.29) is 4.90 Å². The fourth-order valence-electron chi connectivity index (χ4n) is 2.75. The van der Waals surface area contributed by atoms with Crippen LogP contribution in [-0.2, 0) is 10.0 Å². The van der Waals surface area contributed by atoms with Gasteiger partial charge in [-0.25, -0.2) is 9.51 Å². The van der Waals surface area contributed by atoms with Crippen LogP contribution in [0, 0.1) is 0 Å². The lowest BCUT2D eigenvalue weighted by molar-refractivity contribution is 0.584. The number of hydrogen-bond donors (Lipinski definition) is 1. The van der Waals surface area contributed by atoms with E-state index in [0.29, 0.717) is 11.3 Å². The summed E-state index contributed by atoms with van der Waals surface area (Å²) in [7, 11) is -3.78. The van der Waals surface area contributed by atoms with Gasteiger partial charge in [0, 0.05) is 34.2 Å². The van der Waals surface area contributed by atoms with Crippen molar-refractivity contribution in [3.8, 4) is 16.9 Å². The number of halogens is 1. The van der Waals surface area contributed by atoms with Gasteiger partial charge < -0.3 is 0 Å². The van der Waals surface area contributed by atoms with Gasteiger partial charge >= 0.3 is 0 Å². The van der Waals surface area contributed by atoms with E-state index in [1.54, 1.807) is 35.4 Å². The van der Waals surface area contributed by atoms with Crippen molar-refractivity contribution in [2.24, 2.45) is 5.10 Å². The molecule has 0 saturated carbocycles. The van der Waals surface area contributed by atoms with Gasteiger partial charge in [0.25, 0.3) is 10.0 Å². The van der Waals surface area contributed by atoms with Gasteiger partial charge in [-0.3, -0.25) is 4.98 Å². The minimum absolute atomic E-state index is 0.121. The molecule has 0 aliphatic heterocycles. The Labute approximate surface area is 182 Å². The lowest BCUT2D eigenvalue weighted by Gasteiger charge is -2.03. The maximum atomic E-state index is 12.4. The number of pyridine rings is 1. The number of para-hydroxylation sites is 1. The standard InChI is InChI=1S/C21H16BrN5O2S/c22-18-8-10-20(11-9-18)30(28,29)26-24-14-17-15-27(19-6-2-1-3-7-19)25-21(17)16-5-4-12-23-13-16/h1-15,26H/b24-14+. The molecular formula is C21H16BrN5O2S. The average molecular weight is 482 g/mol. The number of rotatable bonds is 6. The highest BCUT2D eigenvalue weighted by Crippen LogP contribution is 2.22. The summed E-state index contributed by atoms with van der Waals surface area (Å²) in [5, 5.41) is 8.59. The summed E-state index contributed by atoms with van der Waals surface area (Å²) in [5.41, 5.74) is 2.95. The van der Waals surface area contributed by atoms with Crippen molar-refractivity contribution in [3.05, 3.63) is 95.4 Å². The number of hydrogen-bond acceptors (Lipinski definition) is 5. The third kappa shape index (κ3) is 4.47. The maximum Gasteiger partial charge on any atom is 0.276 e. The maximum absolute atomic E-state index is 12.4. The molecule has 0 atom stereocenters. The van der Waals surface area contributed by atoms with Crippen LogP contribution in [0.4, 0.5) is 0 Å². The van der Waals surface area contributed by atoms with E-state index in [4.69, 9.17) is 0 Å². The second kappa shape index (κ2) is 8.60. The van der Waals surface area contributed by atoms with Gasteiger partial charge in [-0.1, -0.05) is 34.1 Å². The van der Waals surface area contributed by atoms with Crippen LogP contribution in [0.2, 0.25) is 0 Å². The average Bonchev–Trinajstić information content (AvgIpc) is 3.19. The topological polar surface area (TPSA) is 89.2 Å². The van der Waals surface area contributed by atoms with Crippen molar-refractivity contribution in [3.63, 3.8) is 0 Å². The highest BCUT2D eigenvalue weighted by molar-refractivity contribution is 9.10. The highest BCUT2D eigenvalue weighted by atomic mass is 79.9. The molecule has 0 unspecified atom stereocenters. The molecule has 4 rings (SSSR count). The quantitative estimate of drug-likeness (QED) is 0.332. The van der Waals surface area contributed by atoms with Crippen LogP contribution < -0.4 is 4.83 Å². The molecule has 1 N–H and O–H groups in total. The Balaban J connectivity index is 1.66. The van der Waals surface area contributed by atoms with Crippen molar-refractivity contribution >= 4 is 32.2 Å². The predicted molar refractivity (Wildman–Crippen MR) is 119 cm³/mol. The van der Waals surface area contributed by atoms with Gasteiger partial charge in [0.2, 0.25) is 0 Å². The molecule has 2 heterocycles. The summed E-state index contributed by atoms with van der Waals surface area (Å²) >= 11 is 3.29. The molecule has 30 heavy (non-hydrogen) atoms. The minimum atomic E-state index is -3.78. The van der Waals surface area contributed by atoms with E-state index in [9.17, 15) is 8.42 Å². The molecule has 0 bridgehead atoms. The van der Waals surface area contributed by atoms with E-state index in [1.165, 1.54) is 18.3 Å². The summed E-state index contributed by atoms with van der Waals surface area (Å²) in [5.74, 6) is 0. The van der Waals surface area contributed by atoms with Crippen molar-refractivity contribution < 1.29 is 8.42 Å². The predicted octanol–water partition coefficient (Wildman–Crippen LogP) is 4.01.